The second kappa shape index (κ2) is 21.9. The summed E-state index contributed by atoms with van der Waals surface area (Å²) < 4.78 is 24.6. The van der Waals surface area contributed by atoms with Crippen LogP contribution in [0.3, 0.4) is 0 Å². The number of hydrogen-bond donors (Lipinski definition) is 2. The van der Waals surface area contributed by atoms with Crippen LogP contribution in [0.5, 0.6) is 34.5 Å². The quantitative estimate of drug-likeness (QED) is 0.101. The molecule has 0 radical (unpaired) electrons. The summed E-state index contributed by atoms with van der Waals surface area (Å²) in [6, 6.07) is 7.73. The minimum absolute atomic E-state index is 0.0541. The Labute approximate surface area is 274 Å². The van der Waals surface area contributed by atoms with E-state index in [1.165, 1.54) is 25.7 Å². The summed E-state index contributed by atoms with van der Waals surface area (Å²) in [5.41, 5.74) is 1.35. The summed E-state index contributed by atoms with van der Waals surface area (Å²) >= 11 is 0. The van der Waals surface area contributed by atoms with Crippen molar-refractivity contribution in [2.75, 3.05) is 26.4 Å². The highest BCUT2D eigenvalue weighted by Crippen LogP contribution is 2.46. The number of benzene rings is 2. The van der Waals surface area contributed by atoms with Crippen molar-refractivity contribution in [3.05, 3.63) is 35.4 Å². The van der Waals surface area contributed by atoms with Gasteiger partial charge in [0.05, 0.1) is 26.4 Å². The zero-order valence-corrected chi connectivity index (χ0v) is 29.5. The van der Waals surface area contributed by atoms with Crippen molar-refractivity contribution in [3.8, 4) is 34.5 Å². The lowest BCUT2D eigenvalue weighted by Crippen LogP contribution is -2.20. The largest absolute Gasteiger partial charge is 0.502 e. The third kappa shape index (κ3) is 13.2. The van der Waals surface area contributed by atoms with Crippen molar-refractivity contribution in [3.63, 3.8) is 0 Å². The number of ether oxygens (including phenoxy) is 4. The third-order valence-electron chi connectivity index (χ3n) is 8.55. The summed E-state index contributed by atoms with van der Waals surface area (Å²) in [5.74, 6) is 1.88. The predicted molar refractivity (Wildman–Crippen MR) is 187 cm³/mol. The molecule has 256 valence electrons. The molecule has 2 aromatic carbocycles. The van der Waals surface area contributed by atoms with Gasteiger partial charge in [-0.25, -0.2) is 0 Å². The molecule has 2 aromatic rings. The van der Waals surface area contributed by atoms with Gasteiger partial charge in [0.25, 0.3) is 0 Å². The summed E-state index contributed by atoms with van der Waals surface area (Å²) in [5, 5.41) is 22.3. The van der Waals surface area contributed by atoms with Crippen LogP contribution >= 0.6 is 0 Å². The summed E-state index contributed by atoms with van der Waals surface area (Å²) in [7, 11) is 0. The smallest absolute Gasteiger partial charge is 0.200 e. The maximum absolute atomic E-state index is 11.2. The summed E-state index contributed by atoms with van der Waals surface area (Å²) in [6.07, 6.45) is 17.4. The lowest BCUT2D eigenvalue weighted by Gasteiger charge is -2.29. The van der Waals surface area contributed by atoms with Crippen LogP contribution in [0.25, 0.3) is 0 Å². The van der Waals surface area contributed by atoms with E-state index in [1.807, 2.05) is 24.3 Å². The fourth-order valence-corrected chi connectivity index (χ4v) is 5.34. The van der Waals surface area contributed by atoms with Gasteiger partial charge in [-0.15, -0.1) is 0 Å². The molecule has 0 unspecified atom stereocenters. The molecule has 0 aliphatic carbocycles. The van der Waals surface area contributed by atoms with E-state index in [2.05, 4.69) is 41.5 Å². The molecule has 2 N–H and O–H groups in total. The van der Waals surface area contributed by atoms with Crippen molar-refractivity contribution in [1.82, 2.24) is 0 Å². The molecule has 0 bridgehead atoms. The van der Waals surface area contributed by atoms with Gasteiger partial charge in [0.2, 0.25) is 11.5 Å². The molecule has 0 heterocycles. The minimum atomic E-state index is -0.539. The molecule has 0 amide bonds. The molecule has 0 aromatic heterocycles. The van der Waals surface area contributed by atoms with Gasteiger partial charge in [-0.05, 0) is 61.1 Å². The molecule has 2 rings (SSSR count). The predicted octanol–water partition coefficient (Wildman–Crippen LogP) is 11.3. The maximum atomic E-state index is 11.2. The van der Waals surface area contributed by atoms with Gasteiger partial charge in [-0.1, -0.05) is 119 Å². The molecule has 0 saturated carbocycles. The highest BCUT2D eigenvalue weighted by atomic mass is 16.5. The molecule has 6 nitrogen and oxygen atoms in total. The van der Waals surface area contributed by atoms with Gasteiger partial charge in [-0.2, -0.15) is 0 Å². The SMILES string of the molecule is CCCCCCOc1cc(C(C)(C)c2cc(OCCCCCC)c(O)c(OCCCCCC)c2)cc(OCCCCCC)c1O. The van der Waals surface area contributed by atoms with E-state index in [0.717, 1.165) is 88.2 Å². The van der Waals surface area contributed by atoms with E-state index in [9.17, 15) is 10.2 Å². The van der Waals surface area contributed by atoms with Crippen LogP contribution in [0.15, 0.2) is 24.3 Å². The van der Waals surface area contributed by atoms with Crippen LogP contribution in [-0.4, -0.2) is 36.6 Å². The van der Waals surface area contributed by atoms with Gasteiger partial charge >= 0.3 is 0 Å². The van der Waals surface area contributed by atoms with E-state index >= 15 is 0 Å². The van der Waals surface area contributed by atoms with Crippen LogP contribution < -0.4 is 18.9 Å². The molecule has 0 saturated heterocycles. The molecule has 0 fully saturated rings. The van der Waals surface area contributed by atoms with Crippen LogP contribution in [-0.2, 0) is 5.41 Å². The van der Waals surface area contributed by atoms with Crippen molar-refractivity contribution < 1.29 is 29.2 Å². The molecule has 45 heavy (non-hydrogen) atoms. The van der Waals surface area contributed by atoms with Gasteiger partial charge in [0, 0.05) is 5.41 Å². The molecule has 0 aliphatic rings. The summed E-state index contributed by atoms with van der Waals surface area (Å²) in [4.78, 5) is 0. The second-order valence-corrected chi connectivity index (χ2v) is 12.9. The van der Waals surface area contributed by atoms with Crippen molar-refractivity contribution in [1.29, 1.82) is 0 Å². The summed E-state index contributed by atoms with van der Waals surface area (Å²) in [6.45, 7) is 15.2. The minimum Gasteiger partial charge on any atom is -0.502 e. The van der Waals surface area contributed by atoms with Crippen molar-refractivity contribution in [2.45, 2.75) is 150 Å². The van der Waals surface area contributed by atoms with E-state index < -0.39 is 5.41 Å². The number of phenols is 2. The van der Waals surface area contributed by atoms with Gasteiger partial charge in [0.1, 0.15) is 0 Å². The Balaban J connectivity index is 2.44. The van der Waals surface area contributed by atoms with Crippen molar-refractivity contribution >= 4 is 0 Å². The number of hydrogen-bond acceptors (Lipinski definition) is 6. The first kappa shape index (κ1) is 38.4. The molecular weight excluding hydrogens is 564 g/mol. The van der Waals surface area contributed by atoms with E-state index in [4.69, 9.17) is 18.9 Å². The molecule has 0 spiro atoms. The number of unbranched alkanes of at least 4 members (excludes halogenated alkanes) is 12. The third-order valence-corrected chi connectivity index (χ3v) is 8.55. The number of phenolic OH excluding ortho intramolecular Hbond substituents is 2. The molecule has 0 aliphatic heterocycles. The lowest BCUT2D eigenvalue weighted by atomic mass is 9.77. The monoisotopic (exact) mass is 628 g/mol. The van der Waals surface area contributed by atoms with Gasteiger partial charge < -0.3 is 29.2 Å². The Bertz CT molecular complexity index is 926. The molecule has 0 atom stereocenters. The number of aromatic hydroxyl groups is 2. The Hall–Kier alpha value is -2.76. The normalized spacial score (nSPS) is 11.5. The van der Waals surface area contributed by atoms with Crippen LogP contribution in [0.1, 0.15) is 155 Å². The maximum Gasteiger partial charge on any atom is 0.200 e. The first-order valence-electron chi connectivity index (χ1n) is 18.1. The standard InChI is InChI=1S/C39H64O6/c1-7-11-15-19-23-42-33-27-31(28-34(37(33)40)43-24-20-16-12-8-2)39(5,6)32-29-35(44-25-21-17-13-9-3)38(41)36(30-32)45-26-22-18-14-10-4/h27-30,40-41H,7-26H2,1-6H3. The van der Waals surface area contributed by atoms with Crippen LogP contribution in [0, 0.1) is 0 Å². The van der Waals surface area contributed by atoms with E-state index in [-0.39, 0.29) is 11.5 Å². The average molecular weight is 629 g/mol. The Morgan fingerprint density at radius 2 is 0.667 bits per heavy atom. The highest BCUT2D eigenvalue weighted by molar-refractivity contribution is 5.59. The Morgan fingerprint density at radius 3 is 0.889 bits per heavy atom. The number of rotatable bonds is 26. The Morgan fingerprint density at radius 1 is 0.422 bits per heavy atom. The van der Waals surface area contributed by atoms with Crippen LogP contribution in [0.4, 0.5) is 0 Å². The first-order valence-corrected chi connectivity index (χ1v) is 18.1. The second-order valence-electron chi connectivity index (χ2n) is 12.9. The average Bonchev–Trinajstić information content (AvgIpc) is 3.03. The fourth-order valence-electron chi connectivity index (χ4n) is 5.34. The van der Waals surface area contributed by atoms with E-state index in [1.54, 1.807) is 0 Å². The highest BCUT2D eigenvalue weighted by Gasteiger charge is 2.29. The topological polar surface area (TPSA) is 77.4 Å². The zero-order chi connectivity index (χ0) is 32.9. The zero-order valence-electron chi connectivity index (χ0n) is 29.5. The fraction of sp³-hybridized carbons (Fsp3) is 0.692. The van der Waals surface area contributed by atoms with Gasteiger partial charge in [0.15, 0.2) is 23.0 Å². The molecule has 6 heteroatoms. The molecular formula is C39H64O6. The first-order chi connectivity index (χ1) is 21.8. The lowest BCUT2D eigenvalue weighted by molar-refractivity contribution is 0.262. The Kier molecular flexibility index (Phi) is 18.7. The van der Waals surface area contributed by atoms with Crippen molar-refractivity contribution in [2.24, 2.45) is 0 Å². The van der Waals surface area contributed by atoms with Crippen LogP contribution in [0.2, 0.25) is 0 Å². The van der Waals surface area contributed by atoms with E-state index in [0.29, 0.717) is 49.4 Å². The van der Waals surface area contributed by atoms with Gasteiger partial charge in [-0.3, -0.25) is 0 Å².